The topological polar surface area (TPSA) is 9.23 Å². The highest BCUT2D eigenvalue weighted by Crippen LogP contribution is 2.08. The van der Waals surface area contributed by atoms with Crippen molar-refractivity contribution in [1.29, 1.82) is 0 Å². The van der Waals surface area contributed by atoms with Crippen LogP contribution in [-0.4, -0.2) is 12.2 Å². The van der Waals surface area contributed by atoms with E-state index in [1.807, 2.05) is 0 Å². The van der Waals surface area contributed by atoms with Crippen LogP contribution in [0.3, 0.4) is 0 Å². The largest absolute Gasteiger partial charge is 0.376 e. The van der Waals surface area contributed by atoms with Crippen molar-refractivity contribution in [2.24, 2.45) is 0 Å². The number of allylic oxidation sites excluding steroid dienone is 1. The molecule has 0 rings (SSSR count). The first kappa shape index (κ1) is 12.4. The molecule has 0 heterocycles. The average molecular weight is 282 g/mol. The maximum Gasteiger partial charge on any atom is 0.0598 e. The minimum atomic E-state index is 0.0269. The molecule has 0 atom stereocenters. The van der Waals surface area contributed by atoms with Crippen molar-refractivity contribution >= 4 is 22.6 Å². The Bertz CT molecular complexity index is 124. The summed E-state index contributed by atoms with van der Waals surface area (Å²) in [4.78, 5) is 0. The summed E-state index contributed by atoms with van der Waals surface area (Å²) in [6, 6.07) is 0. The second kappa shape index (κ2) is 6.89. The zero-order valence-corrected chi connectivity index (χ0v) is 10.4. The van der Waals surface area contributed by atoms with Crippen LogP contribution in [-0.2, 0) is 4.74 Å². The van der Waals surface area contributed by atoms with Gasteiger partial charge in [0.1, 0.15) is 0 Å². The summed E-state index contributed by atoms with van der Waals surface area (Å²) in [5.41, 5.74) is 0.0269. The van der Waals surface area contributed by atoms with Gasteiger partial charge in [-0.3, -0.25) is 0 Å². The Balaban J connectivity index is 3.11. The molecule has 72 valence electrons. The second-order valence-corrected chi connectivity index (χ2v) is 4.54. The lowest BCUT2D eigenvalue weighted by Crippen LogP contribution is -2.19. The fraction of sp³-hybridized carbons (Fsp3) is 0.800. The third-order valence-electron chi connectivity index (χ3n) is 1.39. The minimum absolute atomic E-state index is 0.0269. The molecule has 2 heteroatoms. The number of hydrogen-bond acceptors (Lipinski definition) is 1. The smallest absolute Gasteiger partial charge is 0.0598 e. The highest BCUT2D eigenvalue weighted by molar-refractivity contribution is 14.1. The van der Waals surface area contributed by atoms with Crippen molar-refractivity contribution in [1.82, 2.24) is 0 Å². The van der Waals surface area contributed by atoms with E-state index in [0.717, 1.165) is 13.0 Å². The van der Waals surface area contributed by atoms with Crippen LogP contribution in [0.2, 0.25) is 0 Å². The predicted octanol–water partition coefficient (Wildman–Crippen LogP) is 3.92. The van der Waals surface area contributed by atoms with Gasteiger partial charge in [0.2, 0.25) is 0 Å². The van der Waals surface area contributed by atoms with Crippen molar-refractivity contribution in [3.05, 3.63) is 10.2 Å². The van der Waals surface area contributed by atoms with Gasteiger partial charge < -0.3 is 4.74 Å². The summed E-state index contributed by atoms with van der Waals surface area (Å²) in [5.74, 6) is 0. The Kier molecular flexibility index (Phi) is 7.14. The van der Waals surface area contributed by atoms with Crippen LogP contribution >= 0.6 is 22.6 Å². The van der Waals surface area contributed by atoms with Gasteiger partial charge in [0.25, 0.3) is 0 Å². The SMILES string of the molecule is CC(C)(C)OCCCC/C=C\I. The molecule has 0 aromatic heterocycles. The summed E-state index contributed by atoms with van der Waals surface area (Å²) in [7, 11) is 0. The highest BCUT2D eigenvalue weighted by Gasteiger charge is 2.08. The third kappa shape index (κ3) is 10.4. The quantitative estimate of drug-likeness (QED) is 0.548. The number of rotatable bonds is 5. The molecule has 0 amide bonds. The van der Waals surface area contributed by atoms with Crippen molar-refractivity contribution < 1.29 is 4.74 Å². The molecule has 12 heavy (non-hydrogen) atoms. The van der Waals surface area contributed by atoms with Gasteiger partial charge in [0.05, 0.1) is 5.60 Å². The van der Waals surface area contributed by atoms with Gasteiger partial charge in [-0.25, -0.2) is 0 Å². The maximum absolute atomic E-state index is 5.58. The van der Waals surface area contributed by atoms with E-state index in [4.69, 9.17) is 4.74 Å². The van der Waals surface area contributed by atoms with E-state index >= 15 is 0 Å². The van der Waals surface area contributed by atoms with Crippen molar-refractivity contribution in [3.63, 3.8) is 0 Å². The molecule has 0 aliphatic heterocycles. The molecule has 0 bridgehead atoms. The van der Waals surface area contributed by atoms with E-state index in [9.17, 15) is 0 Å². The Morgan fingerprint density at radius 2 is 1.92 bits per heavy atom. The molecule has 0 aliphatic rings. The molecule has 0 aromatic carbocycles. The van der Waals surface area contributed by atoms with Crippen LogP contribution in [0.1, 0.15) is 40.0 Å². The van der Waals surface area contributed by atoms with Crippen molar-refractivity contribution in [2.75, 3.05) is 6.61 Å². The maximum atomic E-state index is 5.58. The number of hydrogen-bond donors (Lipinski definition) is 0. The molecule has 0 radical (unpaired) electrons. The first-order valence-electron chi connectivity index (χ1n) is 4.45. The normalized spacial score (nSPS) is 12.7. The molecule has 0 aliphatic carbocycles. The Morgan fingerprint density at radius 3 is 2.42 bits per heavy atom. The lowest BCUT2D eigenvalue weighted by atomic mass is 10.2. The summed E-state index contributed by atoms with van der Waals surface area (Å²) in [6.45, 7) is 7.17. The highest BCUT2D eigenvalue weighted by atomic mass is 127. The Labute approximate surface area is 89.7 Å². The van der Waals surface area contributed by atoms with Crippen LogP contribution in [0.4, 0.5) is 0 Å². The van der Waals surface area contributed by atoms with E-state index < -0.39 is 0 Å². The molecular formula is C10H19IO. The van der Waals surface area contributed by atoms with Crippen molar-refractivity contribution in [3.8, 4) is 0 Å². The lowest BCUT2D eigenvalue weighted by molar-refractivity contribution is -0.00446. The lowest BCUT2D eigenvalue weighted by Gasteiger charge is -2.19. The van der Waals surface area contributed by atoms with E-state index in [2.05, 4.69) is 53.5 Å². The monoisotopic (exact) mass is 282 g/mol. The van der Waals surface area contributed by atoms with Gasteiger partial charge in [-0.05, 0) is 44.1 Å². The van der Waals surface area contributed by atoms with Crippen molar-refractivity contribution in [2.45, 2.75) is 45.6 Å². The molecule has 0 saturated heterocycles. The molecule has 0 saturated carbocycles. The molecule has 1 nitrogen and oxygen atoms in total. The van der Waals surface area contributed by atoms with E-state index in [0.29, 0.717) is 0 Å². The minimum Gasteiger partial charge on any atom is -0.376 e. The molecule has 0 fully saturated rings. The van der Waals surface area contributed by atoms with Crippen LogP contribution in [0.25, 0.3) is 0 Å². The fourth-order valence-corrected chi connectivity index (χ4v) is 1.17. The summed E-state index contributed by atoms with van der Waals surface area (Å²) in [6.07, 6.45) is 5.77. The van der Waals surface area contributed by atoms with Crippen LogP contribution in [0, 0.1) is 0 Å². The second-order valence-electron chi connectivity index (χ2n) is 3.82. The molecule has 0 unspecified atom stereocenters. The van der Waals surface area contributed by atoms with E-state index in [1.54, 1.807) is 0 Å². The van der Waals surface area contributed by atoms with Gasteiger partial charge in [-0.2, -0.15) is 0 Å². The van der Waals surface area contributed by atoms with Gasteiger partial charge >= 0.3 is 0 Å². The standard InChI is InChI=1S/C10H19IO/c1-10(2,3)12-9-7-5-4-6-8-11/h6,8H,4-5,7,9H2,1-3H3/b8-6-. The molecular weight excluding hydrogens is 263 g/mol. The van der Waals surface area contributed by atoms with E-state index in [-0.39, 0.29) is 5.60 Å². The van der Waals surface area contributed by atoms with Gasteiger partial charge in [0.15, 0.2) is 0 Å². The first-order valence-corrected chi connectivity index (χ1v) is 5.70. The van der Waals surface area contributed by atoms with Gasteiger partial charge in [-0.1, -0.05) is 28.7 Å². The summed E-state index contributed by atoms with van der Waals surface area (Å²) >= 11 is 2.25. The zero-order valence-electron chi connectivity index (χ0n) is 8.27. The van der Waals surface area contributed by atoms with E-state index in [1.165, 1.54) is 12.8 Å². The Hall–Kier alpha value is 0.430. The number of unbranched alkanes of at least 4 members (excludes halogenated alkanes) is 2. The summed E-state index contributed by atoms with van der Waals surface area (Å²) in [5, 5.41) is 0. The number of ether oxygens (including phenoxy) is 1. The molecule has 0 aromatic rings. The third-order valence-corrected chi connectivity index (χ3v) is 1.90. The van der Waals surface area contributed by atoms with Gasteiger partial charge in [-0.15, -0.1) is 0 Å². The van der Waals surface area contributed by atoms with Crippen LogP contribution in [0.5, 0.6) is 0 Å². The van der Waals surface area contributed by atoms with Gasteiger partial charge in [0, 0.05) is 6.61 Å². The van der Waals surface area contributed by atoms with Crippen LogP contribution in [0.15, 0.2) is 10.2 Å². The zero-order chi connectivity index (χ0) is 9.45. The number of halogens is 1. The summed E-state index contributed by atoms with van der Waals surface area (Å²) < 4.78 is 7.66. The Morgan fingerprint density at radius 1 is 1.25 bits per heavy atom. The fourth-order valence-electron chi connectivity index (χ4n) is 0.806. The average Bonchev–Trinajstić information content (AvgIpc) is 1.94. The van der Waals surface area contributed by atoms with Crippen LogP contribution < -0.4 is 0 Å². The predicted molar refractivity (Wildman–Crippen MR) is 62.7 cm³/mol. The first-order chi connectivity index (χ1) is 5.56. The molecule has 0 spiro atoms. The molecule has 0 N–H and O–H groups in total.